The molecule has 76 valence electrons. The molecule has 0 spiro atoms. The summed E-state index contributed by atoms with van der Waals surface area (Å²) in [6, 6.07) is 5.45. The Hall–Kier alpha value is -1.83. The van der Waals surface area contributed by atoms with Gasteiger partial charge in [-0.25, -0.2) is 0 Å². The van der Waals surface area contributed by atoms with E-state index in [1.165, 1.54) is 0 Å². The normalized spacial score (nSPS) is 14.1. The molecule has 15 heavy (non-hydrogen) atoms. The SMILES string of the molecule is C=C1C=Cc2cc(C(C)=O)ccc2OC1. The highest BCUT2D eigenvalue weighted by molar-refractivity contribution is 5.95. The number of fused-ring (bicyclic) bond motifs is 1. The van der Waals surface area contributed by atoms with E-state index in [0.717, 1.165) is 16.9 Å². The van der Waals surface area contributed by atoms with Crippen LogP contribution < -0.4 is 4.74 Å². The van der Waals surface area contributed by atoms with Crippen molar-refractivity contribution in [2.75, 3.05) is 6.61 Å². The zero-order valence-electron chi connectivity index (χ0n) is 8.62. The van der Waals surface area contributed by atoms with Gasteiger partial charge in [0, 0.05) is 11.1 Å². The van der Waals surface area contributed by atoms with Crippen molar-refractivity contribution in [1.82, 2.24) is 0 Å². The molecular weight excluding hydrogens is 188 g/mol. The van der Waals surface area contributed by atoms with Crippen LogP contribution in [0.25, 0.3) is 6.08 Å². The summed E-state index contributed by atoms with van der Waals surface area (Å²) in [5.74, 6) is 0.865. The average Bonchev–Trinajstić information content (AvgIpc) is 2.40. The second kappa shape index (κ2) is 3.73. The molecule has 2 nitrogen and oxygen atoms in total. The largest absolute Gasteiger partial charge is 0.488 e. The fraction of sp³-hybridized carbons (Fsp3) is 0.154. The van der Waals surface area contributed by atoms with Gasteiger partial charge in [-0.15, -0.1) is 0 Å². The van der Waals surface area contributed by atoms with Crippen LogP contribution in [0.4, 0.5) is 0 Å². The van der Waals surface area contributed by atoms with Crippen LogP contribution in [0.3, 0.4) is 0 Å². The molecule has 0 aliphatic carbocycles. The molecule has 0 amide bonds. The number of hydrogen-bond donors (Lipinski definition) is 0. The van der Waals surface area contributed by atoms with Crippen LogP contribution in [-0.2, 0) is 0 Å². The topological polar surface area (TPSA) is 26.3 Å². The number of carbonyl (C=O) groups excluding carboxylic acids is 1. The molecule has 0 unspecified atom stereocenters. The first-order valence-electron chi connectivity index (χ1n) is 4.80. The molecule has 0 saturated carbocycles. The van der Waals surface area contributed by atoms with Crippen molar-refractivity contribution in [3.05, 3.63) is 47.6 Å². The molecule has 1 aliphatic rings. The van der Waals surface area contributed by atoms with E-state index in [1.54, 1.807) is 13.0 Å². The Morgan fingerprint density at radius 2 is 2.20 bits per heavy atom. The Bertz CT molecular complexity index is 456. The minimum Gasteiger partial charge on any atom is -0.488 e. The third-order valence-corrected chi connectivity index (χ3v) is 2.33. The van der Waals surface area contributed by atoms with Crippen LogP contribution in [0.2, 0.25) is 0 Å². The van der Waals surface area contributed by atoms with Crippen LogP contribution >= 0.6 is 0 Å². The zero-order chi connectivity index (χ0) is 10.8. The van der Waals surface area contributed by atoms with E-state index in [9.17, 15) is 4.79 Å². The first-order valence-corrected chi connectivity index (χ1v) is 4.80. The third kappa shape index (κ3) is 1.99. The van der Waals surface area contributed by atoms with Gasteiger partial charge in [-0.1, -0.05) is 18.7 Å². The Kier molecular flexibility index (Phi) is 2.42. The molecule has 1 heterocycles. The lowest BCUT2D eigenvalue weighted by Crippen LogP contribution is -1.98. The number of benzene rings is 1. The fourth-order valence-electron chi connectivity index (χ4n) is 1.46. The second-order valence-electron chi connectivity index (χ2n) is 3.59. The number of carbonyl (C=O) groups is 1. The van der Waals surface area contributed by atoms with Gasteiger partial charge in [0.2, 0.25) is 0 Å². The molecule has 0 fully saturated rings. The van der Waals surface area contributed by atoms with Crippen LogP contribution in [0.1, 0.15) is 22.8 Å². The highest BCUT2D eigenvalue weighted by Crippen LogP contribution is 2.25. The molecule has 0 bridgehead atoms. The first-order chi connectivity index (χ1) is 7.16. The number of hydrogen-bond acceptors (Lipinski definition) is 2. The van der Waals surface area contributed by atoms with Gasteiger partial charge in [0.25, 0.3) is 0 Å². The lowest BCUT2D eigenvalue weighted by molar-refractivity contribution is 0.101. The van der Waals surface area contributed by atoms with Crippen LogP contribution in [0.5, 0.6) is 5.75 Å². The van der Waals surface area contributed by atoms with E-state index in [2.05, 4.69) is 6.58 Å². The Morgan fingerprint density at radius 3 is 2.93 bits per heavy atom. The van der Waals surface area contributed by atoms with Gasteiger partial charge in [0.05, 0.1) is 0 Å². The van der Waals surface area contributed by atoms with Crippen molar-refractivity contribution >= 4 is 11.9 Å². The van der Waals surface area contributed by atoms with Gasteiger partial charge in [0.15, 0.2) is 5.78 Å². The van der Waals surface area contributed by atoms with E-state index >= 15 is 0 Å². The van der Waals surface area contributed by atoms with Gasteiger partial charge < -0.3 is 4.74 Å². The Labute approximate surface area is 88.9 Å². The maximum atomic E-state index is 11.2. The summed E-state index contributed by atoms with van der Waals surface area (Å²) in [6.45, 7) is 5.90. The molecule has 0 atom stereocenters. The molecule has 1 aromatic rings. The number of ketones is 1. The maximum Gasteiger partial charge on any atom is 0.159 e. The van der Waals surface area contributed by atoms with Crippen molar-refractivity contribution in [1.29, 1.82) is 0 Å². The van der Waals surface area contributed by atoms with Crippen molar-refractivity contribution < 1.29 is 9.53 Å². The quantitative estimate of drug-likeness (QED) is 0.651. The average molecular weight is 200 g/mol. The Morgan fingerprint density at radius 1 is 1.40 bits per heavy atom. The summed E-state index contributed by atoms with van der Waals surface area (Å²) in [4.78, 5) is 11.2. The lowest BCUT2D eigenvalue weighted by Gasteiger charge is -2.07. The van der Waals surface area contributed by atoms with Crippen molar-refractivity contribution in [2.45, 2.75) is 6.92 Å². The number of Topliss-reactive ketones (excluding diaryl/α,β-unsaturated/α-hetero) is 1. The smallest absolute Gasteiger partial charge is 0.159 e. The molecule has 0 saturated heterocycles. The highest BCUT2D eigenvalue weighted by atomic mass is 16.5. The summed E-state index contributed by atoms with van der Waals surface area (Å²) in [6.07, 6.45) is 3.84. The Balaban J connectivity index is 2.46. The van der Waals surface area contributed by atoms with E-state index in [0.29, 0.717) is 12.2 Å². The fourth-order valence-corrected chi connectivity index (χ4v) is 1.46. The number of rotatable bonds is 1. The maximum absolute atomic E-state index is 11.2. The van der Waals surface area contributed by atoms with Crippen LogP contribution in [-0.4, -0.2) is 12.4 Å². The van der Waals surface area contributed by atoms with Crippen molar-refractivity contribution in [3.8, 4) is 5.75 Å². The van der Waals surface area contributed by atoms with Gasteiger partial charge >= 0.3 is 0 Å². The van der Waals surface area contributed by atoms with Gasteiger partial charge in [-0.3, -0.25) is 4.79 Å². The predicted molar refractivity (Wildman–Crippen MR) is 60.1 cm³/mol. The van der Waals surface area contributed by atoms with Crippen molar-refractivity contribution in [3.63, 3.8) is 0 Å². The number of ether oxygens (including phenoxy) is 1. The predicted octanol–water partition coefficient (Wildman–Crippen LogP) is 2.85. The van der Waals surface area contributed by atoms with Gasteiger partial charge in [0.1, 0.15) is 12.4 Å². The molecule has 0 radical (unpaired) electrons. The lowest BCUT2D eigenvalue weighted by atomic mass is 10.1. The summed E-state index contributed by atoms with van der Waals surface area (Å²) >= 11 is 0. The molecular formula is C13H12O2. The minimum absolute atomic E-state index is 0.0641. The molecule has 2 heteroatoms. The van der Waals surface area contributed by atoms with Crippen LogP contribution in [0.15, 0.2) is 36.4 Å². The minimum atomic E-state index is 0.0641. The van der Waals surface area contributed by atoms with E-state index in [1.807, 2.05) is 24.3 Å². The van der Waals surface area contributed by atoms with Crippen molar-refractivity contribution in [2.24, 2.45) is 0 Å². The third-order valence-electron chi connectivity index (χ3n) is 2.33. The molecule has 1 aromatic carbocycles. The van der Waals surface area contributed by atoms with Crippen LogP contribution in [0, 0.1) is 0 Å². The van der Waals surface area contributed by atoms with Gasteiger partial charge in [-0.2, -0.15) is 0 Å². The zero-order valence-corrected chi connectivity index (χ0v) is 8.62. The monoisotopic (exact) mass is 200 g/mol. The van der Waals surface area contributed by atoms with E-state index < -0.39 is 0 Å². The van der Waals surface area contributed by atoms with E-state index in [-0.39, 0.29) is 5.78 Å². The van der Waals surface area contributed by atoms with Gasteiger partial charge in [-0.05, 0) is 30.7 Å². The highest BCUT2D eigenvalue weighted by Gasteiger charge is 2.08. The molecule has 0 N–H and O–H groups in total. The summed E-state index contributed by atoms with van der Waals surface area (Å²) in [5.41, 5.74) is 2.56. The summed E-state index contributed by atoms with van der Waals surface area (Å²) in [5, 5.41) is 0. The standard InChI is InChI=1S/C13H12O2/c1-9-3-4-12-7-11(10(2)14)5-6-13(12)15-8-9/h3-7H,1,8H2,2H3. The molecule has 1 aliphatic heterocycles. The summed E-state index contributed by atoms with van der Waals surface area (Å²) < 4.78 is 5.52. The first kappa shape index (κ1) is 9.71. The summed E-state index contributed by atoms with van der Waals surface area (Å²) in [7, 11) is 0. The second-order valence-corrected chi connectivity index (χ2v) is 3.59. The van der Waals surface area contributed by atoms with E-state index in [4.69, 9.17) is 4.74 Å². The molecule has 2 rings (SSSR count). The molecule has 0 aromatic heterocycles.